The summed E-state index contributed by atoms with van der Waals surface area (Å²) in [5.41, 5.74) is 3.26. The first-order chi connectivity index (χ1) is 19.2. The molecule has 4 aromatic rings. The number of esters is 1. The van der Waals surface area contributed by atoms with Gasteiger partial charge < -0.3 is 9.47 Å². The third-order valence-electron chi connectivity index (χ3n) is 6.69. The molecule has 0 bridgehead atoms. The van der Waals surface area contributed by atoms with Crippen LogP contribution in [0.1, 0.15) is 40.0 Å². The standard InChI is InChI=1S/C29H27FIN3O5S/c1-40(36,37)34-13-11-23(12-14-34)39-29(35)26-27(38-18-20-5-3-2-4-6-20)25-24(28(31)33-26)16-21(17-32-25)15-19-7-9-22(30)10-8-19/h2-10,16-17,23H,11-15,18H2,1H3. The van der Waals surface area contributed by atoms with Gasteiger partial charge in [0.15, 0.2) is 11.4 Å². The van der Waals surface area contributed by atoms with E-state index in [0.29, 0.717) is 28.5 Å². The number of hydrogen-bond acceptors (Lipinski definition) is 7. The second-order valence-corrected chi connectivity index (χ2v) is 12.7. The Labute approximate surface area is 245 Å². The number of sulfonamides is 1. The summed E-state index contributed by atoms with van der Waals surface area (Å²) in [6.45, 7) is 0.773. The monoisotopic (exact) mass is 675 g/mol. The molecule has 5 rings (SSSR count). The lowest BCUT2D eigenvalue weighted by atomic mass is 10.0. The first-order valence-corrected chi connectivity index (χ1v) is 15.7. The molecule has 8 nitrogen and oxygen atoms in total. The van der Waals surface area contributed by atoms with E-state index in [2.05, 4.69) is 32.6 Å². The van der Waals surface area contributed by atoms with Gasteiger partial charge in [0.05, 0.1) is 6.26 Å². The normalized spacial score (nSPS) is 14.8. The summed E-state index contributed by atoms with van der Waals surface area (Å²) < 4.78 is 50.9. The van der Waals surface area contributed by atoms with Crippen molar-refractivity contribution < 1.29 is 27.1 Å². The molecule has 40 heavy (non-hydrogen) atoms. The highest BCUT2D eigenvalue weighted by atomic mass is 127. The fourth-order valence-electron chi connectivity index (χ4n) is 4.60. The van der Waals surface area contributed by atoms with Crippen molar-refractivity contribution in [1.82, 2.24) is 14.3 Å². The van der Waals surface area contributed by atoms with Gasteiger partial charge in [0.1, 0.15) is 27.7 Å². The van der Waals surface area contributed by atoms with Crippen molar-refractivity contribution in [2.24, 2.45) is 0 Å². The highest BCUT2D eigenvalue weighted by Gasteiger charge is 2.30. The molecule has 208 valence electrons. The van der Waals surface area contributed by atoms with Gasteiger partial charge >= 0.3 is 5.97 Å². The number of ether oxygens (including phenoxy) is 2. The van der Waals surface area contributed by atoms with Gasteiger partial charge in [-0.25, -0.2) is 26.9 Å². The summed E-state index contributed by atoms with van der Waals surface area (Å²) in [6, 6.07) is 17.8. The van der Waals surface area contributed by atoms with Crippen LogP contribution < -0.4 is 4.74 Å². The summed E-state index contributed by atoms with van der Waals surface area (Å²) in [7, 11) is -3.29. The molecule has 0 saturated carbocycles. The second-order valence-electron chi connectivity index (χ2n) is 9.66. The number of aromatic nitrogens is 2. The lowest BCUT2D eigenvalue weighted by molar-refractivity contribution is 0.0171. The number of benzene rings is 2. The number of rotatable bonds is 8. The summed E-state index contributed by atoms with van der Waals surface area (Å²) in [6.07, 6.45) is 3.80. The minimum atomic E-state index is -3.29. The van der Waals surface area contributed by atoms with E-state index in [0.717, 1.165) is 22.1 Å². The van der Waals surface area contributed by atoms with Crippen LogP contribution in [0, 0.1) is 9.52 Å². The van der Waals surface area contributed by atoms with Crippen molar-refractivity contribution >= 4 is 49.5 Å². The van der Waals surface area contributed by atoms with Gasteiger partial charge in [-0.05, 0) is 76.7 Å². The Morgan fingerprint density at radius 2 is 1.75 bits per heavy atom. The van der Waals surface area contributed by atoms with E-state index in [9.17, 15) is 17.6 Å². The van der Waals surface area contributed by atoms with Gasteiger partial charge in [-0.15, -0.1) is 0 Å². The Morgan fingerprint density at radius 3 is 2.42 bits per heavy atom. The third-order valence-corrected chi connectivity index (χ3v) is 8.82. The van der Waals surface area contributed by atoms with E-state index in [1.165, 1.54) is 22.7 Å². The average molecular weight is 676 g/mol. The molecular formula is C29H27FIN3O5S. The Kier molecular flexibility index (Phi) is 8.62. The number of nitrogens with zero attached hydrogens (tertiary/aromatic N) is 3. The molecule has 2 aromatic carbocycles. The number of carbonyl (C=O) groups excluding carboxylic acids is 1. The van der Waals surface area contributed by atoms with Gasteiger partial charge in [-0.3, -0.25) is 4.98 Å². The molecule has 11 heteroatoms. The molecule has 0 amide bonds. The van der Waals surface area contributed by atoms with E-state index in [1.807, 2.05) is 36.4 Å². The lowest BCUT2D eigenvalue weighted by Crippen LogP contribution is -2.40. The summed E-state index contributed by atoms with van der Waals surface area (Å²) in [5.74, 6) is -0.705. The molecule has 0 unspecified atom stereocenters. The first kappa shape index (κ1) is 28.4. The number of fused-ring (bicyclic) bond motifs is 1. The summed E-state index contributed by atoms with van der Waals surface area (Å²) in [5, 5.41) is 0.723. The maximum Gasteiger partial charge on any atom is 0.361 e. The van der Waals surface area contributed by atoms with Crippen LogP contribution in [-0.4, -0.2) is 54.1 Å². The number of pyridine rings is 2. The van der Waals surface area contributed by atoms with Crippen LogP contribution in [0.25, 0.3) is 10.9 Å². The Hall–Kier alpha value is -3.16. The van der Waals surface area contributed by atoms with Crippen LogP contribution in [0.2, 0.25) is 0 Å². The molecule has 2 aromatic heterocycles. The number of piperidine rings is 1. The van der Waals surface area contributed by atoms with Crippen molar-refractivity contribution in [3.63, 3.8) is 0 Å². The Balaban J connectivity index is 1.44. The fourth-order valence-corrected chi connectivity index (χ4v) is 6.12. The highest BCUT2D eigenvalue weighted by molar-refractivity contribution is 14.1. The molecule has 1 aliphatic heterocycles. The molecule has 0 atom stereocenters. The molecule has 1 saturated heterocycles. The zero-order valence-electron chi connectivity index (χ0n) is 21.7. The van der Waals surface area contributed by atoms with Crippen LogP contribution in [0.3, 0.4) is 0 Å². The molecule has 0 aliphatic carbocycles. The van der Waals surface area contributed by atoms with E-state index in [-0.39, 0.29) is 37.0 Å². The van der Waals surface area contributed by atoms with Crippen LogP contribution in [0.4, 0.5) is 4.39 Å². The molecule has 1 aliphatic rings. The zero-order valence-corrected chi connectivity index (χ0v) is 24.7. The maximum atomic E-state index is 13.4. The van der Waals surface area contributed by atoms with Crippen molar-refractivity contribution in [1.29, 1.82) is 0 Å². The molecule has 3 heterocycles. The molecule has 0 radical (unpaired) electrons. The molecular weight excluding hydrogens is 648 g/mol. The topological polar surface area (TPSA) is 98.7 Å². The zero-order chi connectivity index (χ0) is 28.3. The minimum Gasteiger partial charge on any atom is -0.484 e. The Morgan fingerprint density at radius 1 is 1.05 bits per heavy atom. The predicted octanol–water partition coefficient (Wildman–Crippen LogP) is 5.12. The van der Waals surface area contributed by atoms with Gasteiger partial charge in [-0.2, -0.15) is 0 Å². The number of hydrogen-bond donors (Lipinski definition) is 0. The van der Waals surface area contributed by atoms with Crippen LogP contribution >= 0.6 is 22.6 Å². The highest BCUT2D eigenvalue weighted by Crippen LogP contribution is 2.33. The minimum absolute atomic E-state index is 0.0251. The van der Waals surface area contributed by atoms with E-state index in [1.54, 1.807) is 18.3 Å². The summed E-state index contributed by atoms with van der Waals surface area (Å²) >= 11 is 2.07. The van der Waals surface area contributed by atoms with Crippen molar-refractivity contribution in [3.8, 4) is 5.75 Å². The van der Waals surface area contributed by atoms with Crippen LogP contribution in [0.5, 0.6) is 5.75 Å². The van der Waals surface area contributed by atoms with E-state index < -0.39 is 22.1 Å². The maximum absolute atomic E-state index is 13.4. The summed E-state index contributed by atoms with van der Waals surface area (Å²) in [4.78, 5) is 22.7. The molecule has 0 spiro atoms. The Bertz CT molecular complexity index is 1630. The number of halogens is 2. The molecule has 1 fully saturated rings. The van der Waals surface area contributed by atoms with Gasteiger partial charge in [-0.1, -0.05) is 42.5 Å². The van der Waals surface area contributed by atoms with Crippen LogP contribution in [-0.2, 0) is 27.8 Å². The first-order valence-electron chi connectivity index (χ1n) is 12.7. The van der Waals surface area contributed by atoms with Crippen LogP contribution in [0.15, 0.2) is 66.9 Å². The third kappa shape index (κ3) is 6.76. The SMILES string of the molecule is CS(=O)(=O)N1CCC(OC(=O)c2nc(I)c3cc(Cc4ccc(F)cc4)cnc3c2OCc2ccccc2)CC1. The average Bonchev–Trinajstić information content (AvgIpc) is 2.94. The number of carbonyl (C=O) groups is 1. The molecule has 0 N–H and O–H groups in total. The van der Waals surface area contributed by atoms with Gasteiger partial charge in [0.25, 0.3) is 0 Å². The van der Waals surface area contributed by atoms with Gasteiger partial charge in [0, 0.05) is 24.7 Å². The van der Waals surface area contributed by atoms with Crippen molar-refractivity contribution in [3.05, 3.63) is 98.8 Å². The predicted molar refractivity (Wildman–Crippen MR) is 157 cm³/mol. The van der Waals surface area contributed by atoms with Crippen molar-refractivity contribution in [2.45, 2.75) is 32.0 Å². The smallest absolute Gasteiger partial charge is 0.361 e. The van der Waals surface area contributed by atoms with E-state index in [4.69, 9.17) is 9.47 Å². The fraction of sp³-hybridized carbons (Fsp3) is 0.276. The second kappa shape index (κ2) is 12.1. The van der Waals surface area contributed by atoms with E-state index >= 15 is 0 Å². The lowest BCUT2D eigenvalue weighted by Gasteiger charge is -2.29. The van der Waals surface area contributed by atoms with Gasteiger partial charge in [0.2, 0.25) is 10.0 Å². The quantitative estimate of drug-likeness (QED) is 0.145. The van der Waals surface area contributed by atoms with Crippen molar-refractivity contribution in [2.75, 3.05) is 19.3 Å². The largest absolute Gasteiger partial charge is 0.484 e.